The molecule has 6 heteroatoms. The van der Waals surface area contributed by atoms with Gasteiger partial charge in [0, 0.05) is 36.4 Å². The molecular weight excluding hydrogens is 332 g/mol. The molecule has 1 aromatic heterocycles. The molecular formula is C19H26N4OS. The van der Waals surface area contributed by atoms with Crippen LogP contribution in [-0.4, -0.2) is 43.0 Å². The zero-order valence-electron chi connectivity index (χ0n) is 15.0. The molecule has 1 N–H and O–H groups in total. The van der Waals surface area contributed by atoms with Gasteiger partial charge in [0.2, 0.25) is 5.91 Å². The Morgan fingerprint density at radius 2 is 1.92 bits per heavy atom. The molecule has 25 heavy (non-hydrogen) atoms. The first-order chi connectivity index (χ1) is 12.1. The van der Waals surface area contributed by atoms with Gasteiger partial charge in [-0.15, -0.1) is 11.3 Å². The minimum Gasteiger partial charge on any atom is -0.372 e. The fraction of sp³-hybridized carbons (Fsp3) is 0.474. The third kappa shape index (κ3) is 5.28. The first kappa shape index (κ1) is 17.9. The number of benzene rings is 1. The van der Waals surface area contributed by atoms with Gasteiger partial charge in [-0.1, -0.05) is 0 Å². The van der Waals surface area contributed by atoms with Gasteiger partial charge < -0.3 is 15.1 Å². The maximum absolute atomic E-state index is 12.2. The minimum absolute atomic E-state index is 0.0209. The van der Waals surface area contributed by atoms with Crippen LogP contribution in [-0.2, 0) is 17.8 Å². The predicted octanol–water partition coefficient (Wildman–Crippen LogP) is 3.38. The molecule has 0 atom stereocenters. The monoisotopic (exact) mass is 358 g/mol. The second-order valence-electron chi connectivity index (χ2n) is 6.79. The predicted molar refractivity (Wildman–Crippen MR) is 104 cm³/mol. The number of rotatable bonds is 6. The normalized spacial score (nSPS) is 14.8. The van der Waals surface area contributed by atoms with Crippen LogP contribution in [0, 0.1) is 0 Å². The topological polar surface area (TPSA) is 48.5 Å². The van der Waals surface area contributed by atoms with Crippen molar-refractivity contribution in [3.05, 3.63) is 40.3 Å². The summed E-state index contributed by atoms with van der Waals surface area (Å²) in [6.07, 6.45) is 4.18. The standard InChI is InChI=1S/C19H26N4OS/c1-22(2)13-19-21-16(14-25-19)12-18(24)20-15-6-8-17(9-7-15)23-10-4-3-5-11-23/h6-9,14H,3-5,10-13H2,1-2H3,(H,20,24). The number of hydrogen-bond acceptors (Lipinski definition) is 5. The Kier molecular flexibility index (Phi) is 6.04. The molecule has 1 aromatic carbocycles. The van der Waals surface area contributed by atoms with Gasteiger partial charge in [0.05, 0.1) is 12.1 Å². The van der Waals surface area contributed by atoms with Gasteiger partial charge >= 0.3 is 0 Å². The number of hydrogen-bond donors (Lipinski definition) is 1. The van der Waals surface area contributed by atoms with Crippen molar-refractivity contribution in [1.82, 2.24) is 9.88 Å². The number of amides is 1. The van der Waals surface area contributed by atoms with Gasteiger partial charge in [-0.25, -0.2) is 4.98 Å². The third-order valence-electron chi connectivity index (χ3n) is 4.26. The first-order valence-corrected chi connectivity index (χ1v) is 9.71. The Labute approximate surface area is 153 Å². The smallest absolute Gasteiger partial charge is 0.230 e. The van der Waals surface area contributed by atoms with Crippen molar-refractivity contribution in [3.63, 3.8) is 0 Å². The highest BCUT2D eigenvalue weighted by atomic mass is 32.1. The number of carbonyl (C=O) groups is 1. The number of anilines is 2. The van der Waals surface area contributed by atoms with E-state index >= 15 is 0 Å². The van der Waals surface area contributed by atoms with E-state index in [4.69, 9.17) is 0 Å². The van der Waals surface area contributed by atoms with Gasteiger partial charge in [-0.2, -0.15) is 0 Å². The molecule has 1 amide bonds. The third-order valence-corrected chi connectivity index (χ3v) is 5.15. The zero-order valence-corrected chi connectivity index (χ0v) is 15.8. The molecule has 1 aliphatic rings. The molecule has 134 valence electrons. The number of thiazole rings is 1. The summed E-state index contributed by atoms with van der Waals surface area (Å²) in [5.74, 6) is -0.0209. The number of carbonyl (C=O) groups excluding carboxylic acids is 1. The molecule has 1 fully saturated rings. The Hall–Kier alpha value is -1.92. The fourth-order valence-corrected chi connectivity index (χ4v) is 3.96. The Morgan fingerprint density at radius 1 is 1.20 bits per heavy atom. The lowest BCUT2D eigenvalue weighted by molar-refractivity contribution is -0.115. The van der Waals surface area contributed by atoms with Crippen molar-refractivity contribution in [2.24, 2.45) is 0 Å². The summed E-state index contributed by atoms with van der Waals surface area (Å²) < 4.78 is 0. The number of nitrogens with zero attached hydrogens (tertiary/aromatic N) is 3. The lowest BCUT2D eigenvalue weighted by atomic mass is 10.1. The van der Waals surface area contributed by atoms with Crippen molar-refractivity contribution in [1.29, 1.82) is 0 Å². The van der Waals surface area contributed by atoms with E-state index in [2.05, 4.69) is 32.2 Å². The largest absolute Gasteiger partial charge is 0.372 e. The molecule has 2 aromatic rings. The summed E-state index contributed by atoms with van der Waals surface area (Å²) in [5.41, 5.74) is 2.92. The van der Waals surface area contributed by atoms with Crippen molar-refractivity contribution in [3.8, 4) is 0 Å². The number of aromatic nitrogens is 1. The van der Waals surface area contributed by atoms with Gasteiger partial charge in [0.25, 0.3) is 0 Å². The van der Waals surface area contributed by atoms with Crippen molar-refractivity contribution in [2.75, 3.05) is 37.4 Å². The number of piperidine rings is 1. The van der Waals surface area contributed by atoms with E-state index < -0.39 is 0 Å². The van der Waals surface area contributed by atoms with Gasteiger partial charge in [-0.3, -0.25) is 4.79 Å². The second kappa shape index (κ2) is 8.45. The molecule has 0 saturated carbocycles. The van der Waals surface area contributed by atoms with E-state index in [1.54, 1.807) is 11.3 Å². The van der Waals surface area contributed by atoms with Gasteiger partial charge in [0.15, 0.2) is 0 Å². The average Bonchev–Trinajstić information content (AvgIpc) is 3.02. The van der Waals surface area contributed by atoms with Crippen molar-refractivity contribution < 1.29 is 4.79 Å². The molecule has 0 spiro atoms. The van der Waals surface area contributed by atoms with Crippen molar-refractivity contribution >= 4 is 28.6 Å². The maximum Gasteiger partial charge on any atom is 0.230 e. The SMILES string of the molecule is CN(C)Cc1nc(CC(=O)Nc2ccc(N3CCCCC3)cc2)cs1. The molecule has 1 aliphatic heterocycles. The summed E-state index contributed by atoms with van der Waals surface area (Å²) in [4.78, 5) is 21.2. The average molecular weight is 359 g/mol. The summed E-state index contributed by atoms with van der Waals surface area (Å²) in [6, 6.07) is 8.17. The van der Waals surface area contributed by atoms with Gasteiger partial charge in [-0.05, 0) is 57.6 Å². The van der Waals surface area contributed by atoms with Crippen LogP contribution in [0.1, 0.15) is 30.0 Å². The number of nitrogens with one attached hydrogen (secondary N) is 1. The van der Waals surface area contributed by atoms with Crippen LogP contribution < -0.4 is 10.2 Å². The quantitative estimate of drug-likeness (QED) is 0.860. The van der Waals surface area contributed by atoms with Gasteiger partial charge in [0.1, 0.15) is 5.01 Å². The maximum atomic E-state index is 12.2. The highest BCUT2D eigenvalue weighted by Crippen LogP contribution is 2.22. The van der Waals surface area contributed by atoms with E-state index in [-0.39, 0.29) is 5.91 Å². The molecule has 3 rings (SSSR count). The summed E-state index contributed by atoms with van der Waals surface area (Å²) in [5, 5.41) is 5.98. The molecule has 0 radical (unpaired) electrons. The van der Waals surface area contributed by atoms with E-state index in [1.807, 2.05) is 31.6 Å². The van der Waals surface area contributed by atoms with E-state index in [1.165, 1.54) is 24.9 Å². The van der Waals surface area contributed by atoms with Crippen molar-refractivity contribution in [2.45, 2.75) is 32.2 Å². The second-order valence-corrected chi connectivity index (χ2v) is 7.73. The summed E-state index contributed by atoms with van der Waals surface area (Å²) in [7, 11) is 4.03. The van der Waals surface area contributed by atoms with Crippen LogP contribution in [0.4, 0.5) is 11.4 Å². The Bertz CT molecular complexity index is 690. The zero-order chi connectivity index (χ0) is 17.6. The van der Waals surface area contributed by atoms with Crippen LogP contribution in [0.25, 0.3) is 0 Å². The Balaban J connectivity index is 1.53. The summed E-state index contributed by atoms with van der Waals surface area (Å²) >= 11 is 1.61. The van der Waals surface area contributed by atoms with E-state index in [0.717, 1.165) is 36.0 Å². The van der Waals surface area contributed by atoms with Crippen LogP contribution in [0.3, 0.4) is 0 Å². The lowest BCUT2D eigenvalue weighted by Crippen LogP contribution is -2.29. The lowest BCUT2D eigenvalue weighted by Gasteiger charge is -2.28. The van der Waals surface area contributed by atoms with Crippen LogP contribution in [0.2, 0.25) is 0 Å². The minimum atomic E-state index is -0.0209. The molecule has 0 aliphatic carbocycles. The van der Waals surface area contributed by atoms with E-state index in [9.17, 15) is 4.79 Å². The van der Waals surface area contributed by atoms with Crippen LogP contribution in [0.15, 0.2) is 29.6 Å². The fourth-order valence-electron chi connectivity index (χ4n) is 3.05. The summed E-state index contributed by atoms with van der Waals surface area (Å²) in [6.45, 7) is 3.07. The first-order valence-electron chi connectivity index (χ1n) is 8.83. The molecule has 1 saturated heterocycles. The molecule has 5 nitrogen and oxygen atoms in total. The molecule has 0 unspecified atom stereocenters. The van der Waals surface area contributed by atoms with Crippen LogP contribution in [0.5, 0.6) is 0 Å². The molecule has 0 bridgehead atoms. The van der Waals surface area contributed by atoms with Crippen LogP contribution >= 0.6 is 11.3 Å². The van der Waals surface area contributed by atoms with E-state index in [0.29, 0.717) is 6.42 Å². The molecule has 2 heterocycles. The Morgan fingerprint density at radius 3 is 2.60 bits per heavy atom. The highest BCUT2D eigenvalue weighted by Gasteiger charge is 2.12. The highest BCUT2D eigenvalue weighted by molar-refractivity contribution is 7.09.